The number of carbonyl (C=O) groups is 2. The fourth-order valence-electron chi connectivity index (χ4n) is 1.80. The highest BCUT2D eigenvalue weighted by Gasteiger charge is 2.17. The van der Waals surface area contributed by atoms with Gasteiger partial charge in [0.2, 0.25) is 0 Å². The predicted molar refractivity (Wildman–Crippen MR) is 75.3 cm³/mol. The molecule has 0 saturated heterocycles. The summed E-state index contributed by atoms with van der Waals surface area (Å²) in [5.74, 6) is -0.917. The number of hydrogen-bond acceptors (Lipinski definition) is 3. The van der Waals surface area contributed by atoms with E-state index in [2.05, 4.69) is 10.3 Å². The van der Waals surface area contributed by atoms with Crippen LogP contribution in [0.5, 0.6) is 0 Å². The summed E-state index contributed by atoms with van der Waals surface area (Å²) >= 11 is 0. The Hall–Kier alpha value is -2.11. The minimum Gasteiger partial charge on any atom is -0.481 e. The van der Waals surface area contributed by atoms with Crippen LogP contribution in [0.15, 0.2) is 18.2 Å². The van der Waals surface area contributed by atoms with Crippen molar-refractivity contribution in [1.29, 1.82) is 0 Å². The second-order valence-electron chi connectivity index (χ2n) is 4.78. The largest absolute Gasteiger partial charge is 0.481 e. The van der Waals surface area contributed by atoms with Crippen molar-refractivity contribution >= 4 is 12.0 Å². The van der Waals surface area contributed by atoms with Gasteiger partial charge in [0, 0.05) is 18.8 Å². The first-order valence-corrected chi connectivity index (χ1v) is 6.58. The number of carboxylic acids is 1. The van der Waals surface area contributed by atoms with Gasteiger partial charge in [0.15, 0.2) is 0 Å². The van der Waals surface area contributed by atoms with Crippen LogP contribution in [0.4, 0.5) is 4.79 Å². The van der Waals surface area contributed by atoms with Gasteiger partial charge in [-0.1, -0.05) is 13.0 Å². The van der Waals surface area contributed by atoms with Crippen LogP contribution in [-0.2, 0) is 11.3 Å². The SMILES string of the molecule is CCC(CC(=O)O)NC(=O)N(C)Cc1cccc(C)n1. The zero-order chi connectivity index (χ0) is 15.1. The summed E-state index contributed by atoms with van der Waals surface area (Å²) in [5.41, 5.74) is 1.70. The molecule has 0 saturated carbocycles. The molecule has 1 unspecified atom stereocenters. The summed E-state index contributed by atoms with van der Waals surface area (Å²) in [6.45, 7) is 4.12. The van der Waals surface area contributed by atoms with Gasteiger partial charge in [-0.05, 0) is 25.5 Å². The lowest BCUT2D eigenvalue weighted by Gasteiger charge is -2.21. The van der Waals surface area contributed by atoms with Gasteiger partial charge in [-0.3, -0.25) is 9.78 Å². The van der Waals surface area contributed by atoms with E-state index in [1.165, 1.54) is 4.90 Å². The number of aliphatic carboxylic acids is 1. The van der Waals surface area contributed by atoms with Gasteiger partial charge in [0.05, 0.1) is 18.7 Å². The zero-order valence-electron chi connectivity index (χ0n) is 12.1. The highest BCUT2D eigenvalue weighted by molar-refractivity contribution is 5.75. The van der Waals surface area contributed by atoms with Crippen LogP contribution >= 0.6 is 0 Å². The Morgan fingerprint density at radius 1 is 1.45 bits per heavy atom. The van der Waals surface area contributed by atoms with Crippen LogP contribution in [-0.4, -0.2) is 40.1 Å². The second kappa shape index (κ2) is 7.47. The van der Waals surface area contributed by atoms with Gasteiger partial charge in [-0.15, -0.1) is 0 Å². The standard InChI is InChI=1S/C14H21N3O3/c1-4-11(8-13(18)19)16-14(20)17(3)9-12-7-5-6-10(2)15-12/h5-7,11H,4,8-9H2,1-3H3,(H,16,20)(H,18,19). The topological polar surface area (TPSA) is 82.5 Å². The van der Waals surface area contributed by atoms with Crippen LogP contribution in [0.3, 0.4) is 0 Å². The van der Waals surface area contributed by atoms with Crippen molar-refractivity contribution in [1.82, 2.24) is 15.2 Å². The van der Waals surface area contributed by atoms with Gasteiger partial charge < -0.3 is 15.3 Å². The molecule has 0 aromatic carbocycles. The minimum atomic E-state index is -0.917. The quantitative estimate of drug-likeness (QED) is 0.831. The Labute approximate surface area is 118 Å². The molecule has 2 amide bonds. The van der Waals surface area contributed by atoms with E-state index in [1.54, 1.807) is 7.05 Å². The lowest BCUT2D eigenvalue weighted by atomic mass is 10.1. The molecule has 6 heteroatoms. The number of carbonyl (C=O) groups excluding carboxylic acids is 1. The minimum absolute atomic E-state index is 0.0707. The molecule has 6 nitrogen and oxygen atoms in total. The molecular formula is C14H21N3O3. The van der Waals surface area contributed by atoms with Crippen molar-refractivity contribution in [3.63, 3.8) is 0 Å². The Balaban J connectivity index is 2.56. The lowest BCUT2D eigenvalue weighted by molar-refractivity contribution is -0.137. The number of rotatable bonds is 6. The summed E-state index contributed by atoms with van der Waals surface area (Å²) in [7, 11) is 1.66. The Kier molecular flexibility index (Phi) is 5.96. The van der Waals surface area contributed by atoms with E-state index in [4.69, 9.17) is 5.11 Å². The number of pyridine rings is 1. The number of hydrogen-bond donors (Lipinski definition) is 2. The number of aromatic nitrogens is 1. The molecule has 0 aliphatic rings. The van der Waals surface area contributed by atoms with Crippen LogP contribution in [0.25, 0.3) is 0 Å². The number of aryl methyl sites for hydroxylation is 1. The van der Waals surface area contributed by atoms with E-state index in [9.17, 15) is 9.59 Å². The van der Waals surface area contributed by atoms with Gasteiger partial charge in [-0.2, -0.15) is 0 Å². The summed E-state index contributed by atoms with van der Waals surface area (Å²) in [4.78, 5) is 28.5. The molecule has 110 valence electrons. The number of nitrogens with zero attached hydrogens (tertiary/aromatic N) is 2. The monoisotopic (exact) mass is 279 g/mol. The second-order valence-corrected chi connectivity index (χ2v) is 4.78. The summed E-state index contributed by atoms with van der Waals surface area (Å²) < 4.78 is 0. The van der Waals surface area contributed by atoms with Crippen LogP contribution in [0.1, 0.15) is 31.2 Å². The number of nitrogens with one attached hydrogen (secondary N) is 1. The molecule has 1 atom stereocenters. The van der Waals surface area contributed by atoms with Crippen molar-refractivity contribution in [2.45, 2.75) is 39.3 Å². The maximum atomic E-state index is 12.0. The van der Waals surface area contributed by atoms with Crippen LogP contribution in [0, 0.1) is 6.92 Å². The molecular weight excluding hydrogens is 258 g/mol. The third-order valence-corrected chi connectivity index (χ3v) is 2.93. The molecule has 0 aliphatic heterocycles. The third-order valence-electron chi connectivity index (χ3n) is 2.93. The molecule has 0 aliphatic carbocycles. The first-order chi connectivity index (χ1) is 9.42. The van der Waals surface area contributed by atoms with E-state index >= 15 is 0 Å². The molecule has 2 N–H and O–H groups in total. The summed E-state index contributed by atoms with van der Waals surface area (Å²) in [6, 6.07) is 4.99. The van der Waals surface area contributed by atoms with Crippen molar-refractivity contribution < 1.29 is 14.7 Å². The maximum Gasteiger partial charge on any atom is 0.317 e. The molecule has 0 bridgehead atoms. The van der Waals surface area contributed by atoms with Gasteiger partial charge >= 0.3 is 12.0 Å². The Morgan fingerprint density at radius 2 is 2.15 bits per heavy atom. The average molecular weight is 279 g/mol. The molecule has 1 aromatic heterocycles. The Bertz CT molecular complexity index is 476. The molecule has 0 spiro atoms. The van der Waals surface area contributed by atoms with Crippen LogP contribution in [0.2, 0.25) is 0 Å². The smallest absolute Gasteiger partial charge is 0.317 e. The number of urea groups is 1. The molecule has 20 heavy (non-hydrogen) atoms. The molecule has 1 rings (SSSR count). The van der Waals surface area contributed by atoms with E-state index in [-0.39, 0.29) is 18.5 Å². The number of carboxylic acid groups (broad SMARTS) is 1. The fourth-order valence-corrected chi connectivity index (χ4v) is 1.80. The molecule has 1 aromatic rings. The zero-order valence-corrected chi connectivity index (χ0v) is 12.1. The highest BCUT2D eigenvalue weighted by atomic mass is 16.4. The first kappa shape index (κ1) is 15.9. The van der Waals surface area contributed by atoms with Crippen molar-refractivity contribution in [3.05, 3.63) is 29.6 Å². The third kappa shape index (κ3) is 5.26. The van der Waals surface area contributed by atoms with Gasteiger partial charge in [0.25, 0.3) is 0 Å². The molecule has 0 fully saturated rings. The first-order valence-electron chi connectivity index (χ1n) is 6.58. The number of amides is 2. The fraction of sp³-hybridized carbons (Fsp3) is 0.500. The van der Waals surface area contributed by atoms with Gasteiger partial charge in [0.1, 0.15) is 0 Å². The lowest BCUT2D eigenvalue weighted by Crippen LogP contribution is -2.43. The average Bonchev–Trinajstić information content (AvgIpc) is 2.37. The maximum absolute atomic E-state index is 12.0. The van der Waals surface area contributed by atoms with E-state index < -0.39 is 5.97 Å². The van der Waals surface area contributed by atoms with E-state index in [0.717, 1.165) is 11.4 Å². The van der Waals surface area contributed by atoms with Gasteiger partial charge in [-0.25, -0.2) is 4.79 Å². The van der Waals surface area contributed by atoms with Crippen LogP contribution < -0.4 is 5.32 Å². The van der Waals surface area contributed by atoms with Crippen molar-refractivity contribution in [3.8, 4) is 0 Å². The van der Waals surface area contributed by atoms with E-state index in [1.807, 2.05) is 32.0 Å². The normalized spacial score (nSPS) is 11.8. The Morgan fingerprint density at radius 3 is 2.70 bits per heavy atom. The predicted octanol–water partition coefficient (Wildman–Crippen LogP) is 1.78. The van der Waals surface area contributed by atoms with E-state index in [0.29, 0.717) is 13.0 Å². The highest BCUT2D eigenvalue weighted by Crippen LogP contribution is 2.04. The molecule has 1 heterocycles. The summed E-state index contributed by atoms with van der Waals surface area (Å²) in [6.07, 6.45) is 0.507. The van der Waals surface area contributed by atoms with Crippen molar-refractivity contribution in [2.75, 3.05) is 7.05 Å². The van der Waals surface area contributed by atoms with Crippen molar-refractivity contribution in [2.24, 2.45) is 0 Å². The summed E-state index contributed by atoms with van der Waals surface area (Å²) in [5, 5.41) is 11.5. The molecule has 0 radical (unpaired) electrons.